The molecule has 3 heterocycles. The number of hydrogen-bond donors (Lipinski definition) is 0. The standard InChI is InChI=1S/C16H20N6/c1-12-8-13(10-17)9-15(19-12)22-7-6-20(2)14(11-22)16-18-4-5-21(16)3/h4-5,8-9,14H,6-7,11H2,1-3H3. The third-order valence-electron chi connectivity index (χ3n) is 4.20. The van der Waals surface area contributed by atoms with Gasteiger partial charge in [0.1, 0.15) is 11.6 Å². The summed E-state index contributed by atoms with van der Waals surface area (Å²) in [5.41, 5.74) is 1.54. The molecule has 22 heavy (non-hydrogen) atoms. The molecular formula is C16H20N6. The van der Waals surface area contributed by atoms with E-state index in [0.29, 0.717) is 5.56 Å². The van der Waals surface area contributed by atoms with Crippen LogP contribution >= 0.6 is 0 Å². The molecule has 6 nitrogen and oxygen atoms in total. The van der Waals surface area contributed by atoms with Crippen molar-refractivity contribution in [3.63, 3.8) is 0 Å². The number of likely N-dealkylation sites (N-methyl/N-ethyl adjacent to an activating group) is 1. The molecule has 0 amide bonds. The summed E-state index contributed by atoms with van der Waals surface area (Å²) in [6.45, 7) is 4.59. The van der Waals surface area contributed by atoms with Gasteiger partial charge in [-0.25, -0.2) is 9.97 Å². The van der Waals surface area contributed by atoms with Gasteiger partial charge in [-0.2, -0.15) is 5.26 Å². The molecule has 3 rings (SSSR count). The number of nitriles is 1. The number of aromatic nitrogens is 3. The molecule has 6 heteroatoms. The number of pyridine rings is 1. The van der Waals surface area contributed by atoms with Gasteiger partial charge in [0, 0.05) is 44.8 Å². The molecule has 0 N–H and O–H groups in total. The number of hydrogen-bond acceptors (Lipinski definition) is 5. The molecule has 0 aromatic carbocycles. The van der Waals surface area contributed by atoms with E-state index in [-0.39, 0.29) is 6.04 Å². The minimum Gasteiger partial charge on any atom is -0.353 e. The van der Waals surface area contributed by atoms with Crippen LogP contribution in [-0.4, -0.2) is 46.1 Å². The van der Waals surface area contributed by atoms with Gasteiger partial charge in [-0.15, -0.1) is 0 Å². The first-order valence-electron chi connectivity index (χ1n) is 7.39. The lowest BCUT2D eigenvalue weighted by Crippen LogP contribution is -2.47. The number of aryl methyl sites for hydroxylation is 2. The van der Waals surface area contributed by atoms with E-state index in [1.54, 1.807) is 0 Å². The van der Waals surface area contributed by atoms with E-state index in [1.807, 2.05) is 38.5 Å². The summed E-state index contributed by atoms with van der Waals surface area (Å²) < 4.78 is 2.06. The predicted molar refractivity (Wildman–Crippen MR) is 84.5 cm³/mol. The highest BCUT2D eigenvalue weighted by Gasteiger charge is 2.29. The number of anilines is 1. The van der Waals surface area contributed by atoms with E-state index in [1.165, 1.54) is 0 Å². The Hall–Kier alpha value is -2.39. The summed E-state index contributed by atoms with van der Waals surface area (Å²) in [4.78, 5) is 13.7. The van der Waals surface area contributed by atoms with Crippen molar-refractivity contribution in [3.8, 4) is 6.07 Å². The molecule has 1 fully saturated rings. The summed E-state index contributed by atoms with van der Waals surface area (Å²) in [5, 5.41) is 9.15. The van der Waals surface area contributed by atoms with Crippen molar-refractivity contribution >= 4 is 5.82 Å². The molecule has 1 atom stereocenters. The largest absolute Gasteiger partial charge is 0.353 e. The van der Waals surface area contributed by atoms with Crippen LogP contribution in [0, 0.1) is 18.3 Å². The zero-order chi connectivity index (χ0) is 15.7. The fourth-order valence-electron chi connectivity index (χ4n) is 2.94. The molecule has 114 valence electrons. The fraction of sp³-hybridized carbons (Fsp3) is 0.438. The first-order valence-corrected chi connectivity index (χ1v) is 7.39. The van der Waals surface area contributed by atoms with Crippen LogP contribution in [0.1, 0.15) is 23.1 Å². The quantitative estimate of drug-likeness (QED) is 0.840. The monoisotopic (exact) mass is 296 g/mol. The Kier molecular flexibility index (Phi) is 3.82. The Balaban J connectivity index is 1.89. The second kappa shape index (κ2) is 5.78. The molecule has 0 spiro atoms. The number of nitrogens with zero attached hydrogens (tertiary/aromatic N) is 6. The third kappa shape index (κ3) is 2.68. The van der Waals surface area contributed by atoms with E-state index >= 15 is 0 Å². The Labute approximate surface area is 130 Å². The van der Waals surface area contributed by atoms with Gasteiger partial charge in [0.25, 0.3) is 0 Å². The van der Waals surface area contributed by atoms with Crippen LogP contribution in [0.4, 0.5) is 5.82 Å². The second-order valence-electron chi connectivity index (χ2n) is 5.81. The fourth-order valence-corrected chi connectivity index (χ4v) is 2.94. The topological polar surface area (TPSA) is 61.0 Å². The molecule has 2 aromatic rings. The van der Waals surface area contributed by atoms with Gasteiger partial charge in [-0.3, -0.25) is 4.90 Å². The van der Waals surface area contributed by atoms with Gasteiger partial charge in [-0.05, 0) is 26.1 Å². The lowest BCUT2D eigenvalue weighted by Gasteiger charge is -2.39. The lowest BCUT2D eigenvalue weighted by atomic mass is 10.1. The van der Waals surface area contributed by atoms with Gasteiger partial charge in [-0.1, -0.05) is 0 Å². The van der Waals surface area contributed by atoms with E-state index in [4.69, 9.17) is 5.26 Å². The van der Waals surface area contributed by atoms with Gasteiger partial charge in [0.15, 0.2) is 0 Å². The first kappa shape index (κ1) is 14.5. The Morgan fingerprint density at radius 2 is 2.09 bits per heavy atom. The smallest absolute Gasteiger partial charge is 0.130 e. The third-order valence-corrected chi connectivity index (χ3v) is 4.20. The number of rotatable bonds is 2. The van der Waals surface area contributed by atoms with Gasteiger partial charge in [0.05, 0.1) is 17.7 Å². The Bertz CT molecular complexity index is 714. The maximum Gasteiger partial charge on any atom is 0.130 e. The molecule has 1 aliphatic heterocycles. The molecule has 1 aliphatic rings. The van der Waals surface area contributed by atoms with Crippen LogP contribution in [0.15, 0.2) is 24.5 Å². The maximum atomic E-state index is 9.15. The van der Waals surface area contributed by atoms with Crippen molar-refractivity contribution in [2.45, 2.75) is 13.0 Å². The van der Waals surface area contributed by atoms with Crippen LogP contribution in [0.2, 0.25) is 0 Å². The molecule has 0 saturated carbocycles. The molecule has 0 aliphatic carbocycles. The van der Waals surface area contributed by atoms with E-state index < -0.39 is 0 Å². The van der Waals surface area contributed by atoms with Crippen LogP contribution in [0.5, 0.6) is 0 Å². The summed E-state index contributed by atoms with van der Waals surface area (Å²) in [6.07, 6.45) is 3.81. The van der Waals surface area contributed by atoms with Crippen molar-refractivity contribution < 1.29 is 0 Å². The van der Waals surface area contributed by atoms with E-state index in [9.17, 15) is 0 Å². The average molecular weight is 296 g/mol. The summed E-state index contributed by atoms with van der Waals surface area (Å²) >= 11 is 0. The molecule has 2 aromatic heterocycles. The summed E-state index contributed by atoms with van der Waals surface area (Å²) in [6, 6.07) is 6.12. The molecular weight excluding hydrogens is 276 g/mol. The van der Waals surface area contributed by atoms with E-state index in [0.717, 1.165) is 37.0 Å². The summed E-state index contributed by atoms with van der Waals surface area (Å²) in [5.74, 6) is 1.93. The minimum atomic E-state index is 0.224. The zero-order valence-corrected chi connectivity index (χ0v) is 13.2. The highest BCUT2D eigenvalue weighted by atomic mass is 15.3. The van der Waals surface area contributed by atoms with Crippen molar-refractivity contribution in [2.75, 3.05) is 31.6 Å². The van der Waals surface area contributed by atoms with Crippen molar-refractivity contribution in [2.24, 2.45) is 7.05 Å². The highest BCUT2D eigenvalue weighted by Crippen LogP contribution is 2.26. The summed E-state index contributed by atoms with van der Waals surface area (Å²) in [7, 11) is 4.15. The van der Waals surface area contributed by atoms with Crippen molar-refractivity contribution in [3.05, 3.63) is 41.6 Å². The molecule has 0 bridgehead atoms. The van der Waals surface area contributed by atoms with Gasteiger partial charge >= 0.3 is 0 Å². The Morgan fingerprint density at radius 3 is 2.77 bits per heavy atom. The van der Waals surface area contributed by atoms with Crippen LogP contribution in [0.25, 0.3) is 0 Å². The van der Waals surface area contributed by atoms with E-state index in [2.05, 4.69) is 37.5 Å². The second-order valence-corrected chi connectivity index (χ2v) is 5.81. The average Bonchev–Trinajstić information content (AvgIpc) is 2.93. The molecule has 1 saturated heterocycles. The maximum absolute atomic E-state index is 9.15. The molecule has 0 radical (unpaired) electrons. The number of piperazine rings is 1. The molecule has 1 unspecified atom stereocenters. The van der Waals surface area contributed by atoms with Crippen molar-refractivity contribution in [1.82, 2.24) is 19.4 Å². The number of imidazole rings is 1. The van der Waals surface area contributed by atoms with Gasteiger partial charge in [0.2, 0.25) is 0 Å². The normalized spacial score (nSPS) is 19.2. The Morgan fingerprint density at radius 1 is 1.27 bits per heavy atom. The SMILES string of the molecule is Cc1cc(C#N)cc(N2CCN(C)C(c3nccn3C)C2)n1. The van der Waals surface area contributed by atoms with Crippen LogP contribution < -0.4 is 4.90 Å². The minimum absolute atomic E-state index is 0.224. The zero-order valence-electron chi connectivity index (χ0n) is 13.2. The predicted octanol–water partition coefficient (Wildman–Crippen LogP) is 1.49. The van der Waals surface area contributed by atoms with Crippen molar-refractivity contribution in [1.29, 1.82) is 5.26 Å². The first-order chi connectivity index (χ1) is 10.6. The highest BCUT2D eigenvalue weighted by molar-refractivity contribution is 5.47. The lowest BCUT2D eigenvalue weighted by molar-refractivity contribution is 0.209. The van der Waals surface area contributed by atoms with Gasteiger partial charge < -0.3 is 9.47 Å². The van der Waals surface area contributed by atoms with Crippen LogP contribution in [-0.2, 0) is 7.05 Å². The van der Waals surface area contributed by atoms with Crippen LogP contribution in [0.3, 0.4) is 0 Å².